The average Bonchev–Trinajstić information content (AvgIpc) is 3.04. The van der Waals surface area contributed by atoms with Gasteiger partial charge in [0.05, 0.1) is 4.92 Å². The van der Waals surface area contributed by atoms with Gasteiger partial charge in [0.25, 0.3) is 11.6 Å². The van der Waals surface area contributed by atoms with E-state index in [4.69, 9.17) is 4.52 Å². The molecule has 1 atom stereocenters. The van der Waals surface area contributed by atoms with Crippen molar-refractivity contribution in [2.24, 2.45) is 0 Å². The van der Waals surface area contributed by atoms with E-state index in [1.807, 2.05) is 13.0 Å². The molecule has 1 aliphatic rings. The molecule has 7 nitrogen and oxygen atoms in total. The van der Waals surface area contributed by atoms with E-state index in [-0.39, 0.29) is 10.6 Å². The molecular formula is C16H20N4O3. The lowest BCUT2D eigenvalue weighted by atomic mass is 10.0. The summed E-state index contributed by atoms with van der Waals surface area (Å²) in [7, 11) is 0. The maximum Gasteiger partial charge on any atom is 0.293 e. The molecule has 2 aromatic rings. The number of anilines is 1. The highest BCUT2D eigenvalue weighted by atomic mass is 16.6. The van der Waals surface area contributed by atoms with E-state index in [1.165, 1.54) is 12.5 Å². The molecule has 7 heteroatoms. The second-order valence-electron chi connectivity index (χ2n) is 5.87. The molecule has 1 aromatic carbocycles. The number of nitro benzene ring substituents is 1. The van der Waals surface area contributed by atoms with Crippen LogP contribution in [0.4, 0.5) is 11.4 Å². The van der Waals surface area contributed by atoms with Gasteiger partial charge in [-0.05, 0) is 38.3 Å². The maximum absolute atomic E-state index is 11.5. The van der Waals surface area contributed by atoms with Crippen LogP contribution in [0.1, 0.15) is 38.9 Å². The zero-order valence-corrected chi connectivity index (χ0v) is 13.4. The van der Waals surface area contributed by atoms with Crippen LogP contribution in [0, 0.1) is 10.1 Å². The zero-order valence-electron chi connectivity index (χ0n) is 13.4. The lowest BCUT2D eigenvalue weighted by Crippen LogP contribution is -2.37. The van der Waals surface area contributed by atoms with Gasteiger partial charge in [-0.25, -0.2) is 0 Å². The molecule has 2 heterocycles. The van der Waals surface area contributed by atoms with E-state index < -0.39 is 0 Å². The quantitative estimate of drug-likeness (QED) is 0.633. The maximum atomic E-state index is 11.5. The lowest BCUT2D eigenvalue weighted by Gasteiger charge is -2.35. The Kier molecular flexibility index (Phi) is 4.27. The van der Waals surface area contributed by atoms with E-state index in [0.29, 0.717) is 35.4 Å². The average molecular weight is 316 g/mol. The summed E-state index contributed by atoms with van der Waals surface area (Å²) in [4.78, 5) is 17.6. The molecule has 0 N–H and O–H groups in total. The minimum absolute atomic E-state index is 0.0903. The van der Waals surface area contributed by atoms with Crippen LogP contribution in [0.25, 0.3) is 11.5 Å². The van der Waals surface area contributed by atoms with E-state index in [2.05, 4.69) is 22.0 Å². The number of hydrogen-bond acceptors (Lipinski definition) is 6. The van der Waals surface area contributed by atoms with Gasteiger partial charge < -0.3 is 9.42 Å². The van der Waals surface area contributed by atoms with Crippen molar-refractivity contribution in [1.82, 2.24) is 10.1 Å². The normalized spacial score (nSPS) is 18.2. The van der Waals surface area contributed by atoms with Gasteiger partial charge in [0.1, 0.15) is 5.69 Å². The molecule has 1 fully saturated rings. The Morgan fingerprint density at radius 1 is 1.43 bits per heavy atom. The second-order valence-corrected chi connectivity index (χ2v) is 5.87. The van der Waals surface area contributed by atoms with Crippen LogP contribution in [0.5, 0.6) is 0 Å². The summed E-state index contributed by atoms with van der Waals surface area (Å²) < 4.78 is 5.19. The van der Waals surface area contributed by atoms with Gasteiger partial charge in [0.2, 0.25) is 0 Å². The predicted molar refractivity (Wildman–Crippen MR) is 86.4 cm³/mol. The van der Waals surface area contributed by atoms with Crippen molar-refractivity contribution in [3.8, 4) is 11.5 Å². The minimum Gasteiger partial charge on any atom is -0.363 e. The molecular weight excluding hydrogens is 296 g/mol. The minimum atomic E-state index is -0.336. The van der Waals surface area contributed by atoms with Crippen LogP contribution >= 0.6 is 0 Å². The Bertz CT molecular complexity index is 713. The number of aryl methyl sites for hydroxylation is 1. The van der Waals surface area contributed by atoms with E-state index >= 15 is 0 Å². The topological polar surface area (TPSA) is 85.3 Å². The third-order valence-electron chi connectivity index (χ3n) is 4.32. The van der Waals surface area contributed by atoms with Gasteiger partial charge in [-0.1, -0.05) is 12.1 Å². The number of hydrogen-bond donors (Lipinski definition) is 0. The first kappa shape index (κ1) is 15.5. The number of nitro groups is 1. The molecule has 23 heavy (non-hydrogen) atoms. The third kappa shape index (κ3) is 3.04. The largest absolute Gasteiger partial charge is 0.363 e. The van der Waals surface area contributed by atoms with Gasteiger partial charge in [0, 0.05) is 30.6 Å². The lowest BCUT2D eigenvalue weighted by molar-refractivity contribution is -0.384. The van der Waals surface area contributed by atoms with Gasteiger partial charge in [-0.2, -0.15) is 4.98 Å². The molecule has 1 aromatic heterocycles. The SMILES string of the molecule is CCc1noc(-c2ccc(N3CCCC[C@H]3C)c([N+](=O)[O-])c2)n1. The van der Waals surface area contributed by atoms with Crippen molar-refractivity contribution in [3.63, 3.8) is 0 Å². The van der Waals surface area contributed by atoms with E-state index in [1.54, 1.807) is 6.07 Å². The number of piperidine rings is 1. The van der Waals surface area contributed by atoms with Gasteiger partial charge >= 0.3 is 0 Å². The Morgan fingerprint density at radius 2 is 2.26 bits per heavy atom. The van der Waals surface area contributed by atoms with Crippen molar-refractivity contribution in [2.45, 2.75) is 45.6 Å². The van der Waals surface area contributed by atoms with Crippen LogP contribution in [-0.4, -0.2) is 27.7 Å². The Hall–Kier alpha value is -2.44. The monoisotopic (exact) mass is 316 g/mol. The predicted octanol–water partition coefficient (Wildman–Crippen LogP) is 3.59. The summed E-state index contributed by atoms with van der Waals surface area (Å²) in [6.45, 7) is 4.89. The van der Waals surface area contributed by atoms with Gasteiger partial charge in [-0.3, -0.25) is 10.1 Å². The van der Waals surface area contributed by atoms with Gasteiger partial charge in [-0.15, -0.1) is 0 Å². The highest BCUT2D eigenvalue weighted by molar-refractivity contribution is 5.71. The molecule has 0 aliphatic carbocycles. The van der Waals surface area contributed by atoms with Crippen molar-refractivity contribution >= 4 is 11.4 Å². The first-order valence-corrected chi connectivity index (χ1v) is 7.98. The van der Waals surface area contributed by atoms with Crippen molar-refractivity contribution < 1.29 is 9.45 Å². The van der Waals surface area contributed by atoms with E-state index in [9.17, 15) is 10.1 Å². The second kappa shape index (κ2) is 6.36. The van der Waals surface area contributed by atoms with Crippen molar-refractivity contribution in [3.05, 3.63) is 34.1 Å². The fraction of sp³-hybridized carbons (Fsp3) is 0.500. The molecule has 0 radical (unpaired) electrons. The summed E-state index contributed by atoms with van der Waals surface area (Å²) in [5.41, 5.74) is 1.34. The van der Waals surface area contributed by atoms with Crippen LogP contribution in [0.2, 0.25) is 0 Å². The highest BCUT2D eigenvalue weighted by Crippen LogP contribution is 2.35. The molecule has 122 valence electrons. The van der Waals surface area contributed by atoms with Crippen LogP contribution in [0.15, 0.2) is 22.7 Å². The number of aromatic nitrogens is 2. The Morgan fingerprint density at radius 3 is 2.91 bits per heavy atom. The highest BCUT2D eigenvalue weighted by Gasteiger charge is 2.26. The summed E-state index contributed by atoms with van der Waals surface area (Å²) in [6, 6.07) is 5.45. The fourth-order valence-electron chi connectivity index (χ4n) is 3.02. The van der Waals surface area contributed by atoms with E-state index in [0.717, 1.165) is 19.4 Å². The summed E-state index contributed by atoms with van der Waals surface area (Å²) in [5.74, 6) is 0.916. The number of rotatable bonds is 4. The summed E-state index contributed by atoms with van der Waals surface area (Å²) in [5, 5.41) is 15.4. The van der Waals surface area contributed by atoms with Crippen molar-refractivity contribution in [2.75, 3.05) is 11.4 Å². The smallest absolute Gasteiger partial charge is 0.293 e. The Labute approximate surface area is 134 Å². The van der Waals surface area contributed by atoms with Crippen LogP contribution in [-0.2, 0) is 6.42 Å². The first-order valence-electron chi connectivity index (χ1n) is 7.98. The third-order valence-corrected chi connectivity index (χ3v) is 4.32. The molecule has 0 bridgehead atoms. The summed E-state index contributed by atoms with van der Waals surface area (Å²) >= 11 is 0. The summed E-state index contributed by atoms with van der Waals surface area (Å²) in [6.07, 6.45) is 3.95. The number of benzene rings is 1. The fourth-order valence-corrected chi connectivity index (χ4v) is 3.02. The molecule has 3 rings (SSSR count). The van der Waals surface area contributed by atoms with Gasteiger partial charge in [0.15, 0.2) is 5.82 Å². The molecule has 0 unspecified atom stereocenters. The molecule has 0 spiro atoms. The van der Waals surface area contributed by atoms with Crippen molar-refractivity contribution in [1.29, 1.82) is 0 Å². The molecule has 0 saturated carbocycles. The number of nitrogens with zero attached hydrogens (tertiary/aromatic N) is 4. The molecule has 1 saturated heterocycles. The molecule has 0 amide bonds. The molecule has 1 aliphatic heterocycles. The standard InChI is InChI=1S/C16H20N4O3/c1-3-15-17-16(23-18-15)12-7-8-13(14(10-12)20(21)22)19-9-5-4-6-11(19)2/h7-8,10-11H,3-6,9H2,1-2H3/t11-/m1/s1. The van der Waals surface area contributed by atoms with Crippen LogP contribution < -0.4 is 4.90 Å². The van der Waals surface area contributed by atoms with Crippen LogP contribution in [0.3, 0.4) is 0 Å². The Balaban J connectivity index is 2.00. The zero-order chi connectivity index (χ0) is 16.4. The first-order chi connectivity index (χ1) is 11.1.